The molecule has 122 valence electrons. The van der Waals surface area contributed by atoms with Gasteiger partial charge in [0.25, 0.3) is 0 Å². The lowest BCUT2D eigenvalue weighted by molar-refractivity contribution is -0.147. The molecular weight excluding hydrogens is 282 g/mol. The second-order valence-electron chi connectivity index (χ2n) is 5.96. The molecule has 22 heavy (non-hydrogen) atoms. The van der Waals surface area contributed by atoms with Crippen LogP contribution in [0.15, 0.2) is 24.3 Å². The van der Waals surface area contributed by atoms with Crippen LogP contribution in [-0.2, 0) is 16.0 Å². The lowest BCUT2D eigenvalue weighted by Crippen LogP contribution is -2.32. The fourth-order valence-electron chi connectivity index (χ4n) is 1.83. The van der Waals surface area contributed by atoms with Gasteiger partial charge in [-0.2, -0.15) is 0 Å². The van der Waals surface area contributed by atoms with Crippen LogP contribution < -0.4 is 10.1 Å². The van der Waals surface area contributed by atoms with E-state index < -0.39 is 11.4 Å². The standard InChI is InChI=1S/C17H25NO4/c1-4-10-22-14-7-5-6-13(11-14)12-15(19)18-9-8-17(2,3)16(20)21/h5-7,11H,4,8-10,12H2,1-3H3,(H,18,19)(H,20,21). The molecule has 0 bridgehead atoms. The third kappa shape index (κ3) is 6.16. The van der Waals surface area contributed by atoms with Crippen LogP contribution in [0.4, 0.5) is 0 Å². The van der Waals surface area contributed by atoms with Crippen molar-refractivity contribution in [2.45, 2.75) is 40.0 Å². The molecule has 0 atom stereocenters. The molecule has 1 rings (SSSR count). The molecule has 0 spiro atoms. The number of hydrogen-bond acceptors (Lipinski definition) is 3. The van der Waals surface area contributed by atoms with Crippen LogP contribution in [0.3, 0.4) is 0 Å². The fourth-order valence-corrected chi connectivity index (χ4v) is 1.83. The lowest BCUT2D eigenvalue weighted by Gasteiger charge is -2.18. The van der Waals surface area contributed by atoms with Crippen LogP contribution in [-0.4, -0.2) is 30.1 Å². The van der Waals surface area contributed by atoms with Gasteiger partial charge in [-0.05, 0) is 44.4 Å². The highest BCUT2D eigenvalue weighted by molar-refractivity contribution is 5.79. The van der Waals surface area contributed by atoms with E-state index in [9.17, 15) is 9.59 Å². The summed E-state index contributed by atoms with van der Waals surface area (Å²) in [7, 11) is 0. The molecule has 1 aromatic carbocycles. The van der Waals surface area contributed by atoms with Crippen LogP contribution in [0.1, 0.15) is 39.2 Å². The normalized spacial score (nSPS) is 11.0. The molecule has 0 fully saturated rings. The molecule has 0 aromatic heterocycles. The van der Waals surface area contributed by atoms with Crippen molar-refractivity contribution in [2.75, 3.05) is 13.2 Å². The van der Waals surface area contributed by atoms with Gasteiger partial charge < -0.3 is 15.2 Å². The number of carbonyl (C=O) groups excluding carboxylic acids is 1. The van der Waals surface area contributed by atoms with Crippen molar-refractivity contribution < 1.29 is 19.4 Å². The van der Waals surface area contributed by atoms with Gasteiger partial charge in [-0.15, -0.1) is 0 Å². The first kappa shape index (κ1) is 18.0. The van der Waals surface area contributed by atoms with Gasteiger partial charge in [0, 0.05) is 6.54 Å². The lowest BCUT2D eigenvalue weighted by atomic mass is 9.90. The number of rotatable bonds is 9. The highest BCUT2D eigenvalue weighted by Crippen LogP contribution is 2.19. The molecule has 0 aliphatic rings. The first-order chi connectivity index (χ1) is 10.3. The van der Waals surface area contributed by atoms with E-state index in [-0.39, 0.29) is 12.3 Å². The van der Waals surface area contributed by atoms with E-state index >= 15 is 0 Å². The zero-order chi connectivity index (χ0) is 16.6. The van der Waals surface area contributed by atoms with Gasteiger partial charge in [0.2, 0.25) is 5.91 Å². The summed E-state index contributed by atoms with van der Waals surface area (Å²) in [6.07, 6.45) is 1.59. The van der Waals surface area contributed by atoms with Crippen molar-refractivity contribution in [3.63, 3.8) is 0 Å². The Bertz CT molecular complexity index is 511. The average Bonchev–Trinajstić information content (AvgIpc) is 2.45. The zero-order valence-corrected chi connectivity index (χ0v) is 13.5. The maximum atomic E-state index is 11.9. The molecule has 5 nitrogen and oxygen atoms in total. The highest BCUT2D eigenvalue weighted by atomic mass is 16.5. The van der Waals surface area contributed by atoms with E-state index in [4.69, 9.17) is 9.84 Å². The van der Waals surface area contributed by atoms with Gasteiger partial charge in [-0.1, -0.05) is 19.1 Å². The molecule has 1 amide bonds. The van der Waals surface area contributed by atoms with Crippen LogP contribution in [0, 0.1) is 5.41 Å². The summed E-state index contributed by atoms with van der Waals surface area (Å²) in [6.45, 7) is 6.34. The number of carbonyl (C=O) groups is 2. The smallest absolute Gasteiger partial charge is 0.309 e. The summed E-state index contributed by atoms with van der Waals surface area (Å²) in [6, 6.07) is 7.46. The minimum Gasteiger partial charge on any atom is -0.494 e. The van der Waals surface area contributed by atoms with Crippen LogP contribution in [0.2, 0.25) is 0 Å². The van der Waals surface area contributed by atoms with Gasteiger partial charge in [-0.3, -0.25) is 9.59 Å². The Hall–Kier alpha value is -2.04. The summed E-state index contributed by atoms with van der Waals surface area (Å²) in [4.78, 5) is 22.9. The number of amides is 1. The Balaban J connectivity index is 2.43. The van der Waals surface area contributed by atoms with E-state index in [2.05, 4.69) is 5.32 Å². The molecule has 0 saturated carbocycles. The van der Waals surface area contributed by atoms with E-state index in [0.717, 1.165) is 17.7 Å². The van der Waals surface area contributed by atoms with E-state index in [1.807, 2.05) is 31.2 Å². The summed E-state index contributed by atoms with van der Waals surface area (Å²) in [5.41, 5.74) is 0.0462. The Morgan fingerprint density at radius 3 is 2.68 bits per heavy atom. The molecule has 0 aliphatic carbocycles. The maximum absolute atomic E-state index is 11.9. The van der Waals surface area contributed by atoms with Crippen molar-refractivity contribution in [3.8, 4) is 5.75 Å². The molecule has 0 aliphatic heterocycles. The predicted molar refractivity (Wildman–Crippen MR) is 85.0 cm³/mol. The monoisotopic (exact) mass is 307 g/mol. The molecule has 5 heteroatoms. The highest BCUT2D eigenvalue weighted by Gasteiger charge is 2.26. The van der Waals surface area contributed by atoms with Crippen molar-refractivity contribution in [3.05, 3.63) is 29.8 Å². The molecule has 0 saturated heterocycles. The second-order valence-corrected chi connectivity index (χ2v) is 5.96. The Labute approximate surface area is 131 Å². The first-order valence-electron chi connectivity index (χ1n) is 7.57. The topological polar surface area (TPSA) is 75.6 Å². The maximum Gasteiger partial charge on any atom is 0.309 e. The van der Waals surface area contributed by atoms with Crippen molar-refractivity contribution >= 4 is 11.9 Å². The second kappa shape index (κ2) is 8.41. The quantitative estimate of drug-likeness (QED) is 0.735. The van der Waals surface area contributed by atoms with E-state index in [1.54, 1.807) is 13.8 Å². The number of carboxylic acid groups (broad SMARTS) is 1. The third-order valence-electron chi connectivity index (χ3n) is 3.39. The third-order valence-corrected chi connectivity index (χ3v) is 3.39. The van der Waals surface area contributed by atoms with Crippen molar-refractivity contribution in [2.24, 2.45) is 5.41 Å². The first-order valence-corrected chi connectivity index (χ1v) is 7.57. The Morgan fingerprint density at radius 1 is 1.32 bits per heavy atom. The minimum atomic E-state index is -0.859. The Morgan fingerprint density at radius 2 is 2.05 bits per heavy atom. The molecule has 0 heterocycles. The fraction of sp³-hybridized carbons (Fsp3) is 0.529. The van der Waals surface area contributed by atoms with E-state index in [1.165, 1.54) is 0 Å². The van der Waals surface area contributed by atoms with Crippen LogP contribution >= 0.6 is 0 Å². The van der Waals surface area contributed by atoms with Crippen molar-refractivity contribution in [1.82, 2.24) is 5.32 Å². The van der Waals surface area contributed by atoms with Gasteiger partial charge in [-0.25, -0.2) is 0 Å². The van der Waals surface area contributed by atoms with Crippen LogP contribution in [0.25, 0.3) is 0 Å². The number of ether oxygens (including phenoxy) is 1. The number of carboxylic acids is 1. The molecule has 0 radical (unpaired) electrons. The SMILES string of the molecule is CCCOc1cccc(CC(=O)NCCC(C)(C)C(=O)O)c1. The molecular formula is C17H25NO4. The summed E-state index contributed by atoms with van der Waals surface area (Å²) in [5, 5.41) is 11.8. The van der Waals surface area contributed by atoms with Crippen LogP contribution in [0.5, 0.6) is 5.75 Å². The van der Waals surface area contributed by atoms with Gasteiger partial charge >= 0.3 is 5.97 Å². The molecule has 0 unspecified atom stereocenters. The Kier molecular flexibility index (Phi) is 6.89. The van der Waals surface area contributed by atoms with Gasteiger partial charge in [0.1, 0.15) is 5.75 Å². The number of benzene rings is 1. The number of aliphatic carboxylic acids is 1. The predicted octanol–water partition coefficient (Wildman–Crippen LogP) is 2.64. The molecule has 1 aromatic rings. The zero-order valence-electron chi connectivity index (χ0n) is 13.5. The van der Waals surface area contributed by atoms with Gasteiger partial charge in [0.05, 0.1) is 18.4 Å². The largest absolute Gasteiger partial charge is 0.494 e. The van der Waals surface area contributed by atoms with E-state index in [0.29, 0.717) is 19.6 Å². The average molecular weight is 307 g/mol. The van der Waals surface area contributed by atoms with Crippen molar-refractivity contribution in [1.29, 1.82) is 0 Å². The number of nitrogens with one attached hydrogen (secondary N) is 1. The minimum absolute atomic E-state index is 0.117. The summed E-state index contributed by atoms with van der Waals surface area (Å²) in [5.74, 6) is -0.212. The van der Waals surface area contributed by atoms with Gasteiger partial charge in [0.15, 0.2) is 0 Å². The molecule has 2 N–H and O–H groups in total. The summed E-state index contributed by atoms with van der Waals surface area (Å²) < 4.78 is 5.53. The summed E-state index contributed by atoms with van der Waals surface area (Å²) >= 11 is 0. The number of hydrogen-bond donors (Lipinski definition) is 2.